The predicted molar refractivity (Wildman–Crippen MR) is 59.6 cm³/mol. The van der Waals surface area contributed by atoms with E-state index in [4.69, 9.17) is 5.11 Å². The molecule has 0 atom stereocenters. The van der Waals surface area contributed by atoms with Gasteiger partial charge in [-0.15, -0.1) is 0 Å². The van der Waals surface area contributed by atoms with E-state index >= 15 is 0 Å². The van der Waals surface area contributed by atoms with Crippen molar-refractivity contribution in [1.82, 2.24) is 4.98 Å². The van der Waals surface area contributed by atoms with Crippen molar-refractivity contribution in [1.29, 1.82) is 0 Å². The first kappa shape index (κ1) is 9.52. The Kier molecular flexibility index (Phi) is 2.54. The Labute approximate surface area is 87.0 Å². The van der Waals surface area contributed by atoms with Crippen molar-refractivity contribution in [2.75, 3.05) is 0 Å². The molecule has 1 aromatic heterocycles. The maximum Gasteiger partial charge on any atom is 0.307 e. The van der Waals surface area contributed by atoms with Crippen LogP contribution in [-0.2, 0) is 4.79 Å². The quantitative estimate of drug-likeness (QED) is 0.802. The van der Waals surface area contributed by atoms with Crippen LogP contribution in [0.3, 0.4) is 0 Å². The van der Waals surface area contributed by atoms with Gasteiger partial charge in [0.25, 0.3) is 0 Å². The Morgan fingerprint density at radius 1 is 1.40 bits per heavy atom. The predicted octanol–water partition coefficient (Wildman–Crippen LogP) is 2.66. The molecule has 76 valence electrons. The van der Waals surface area contributed by atoms with Crippen LogP contribution in [0.4, 0.5) is 0 Å². The number of H-pyrrole nitrogens is 1. The number of carboxylic acid groups (broad SMARTS) is 1. The Balaban J connectivity index is 2.31. The van der Waals surface area contributed by atoms with Crippen LogP contribution < -0.4 is 0 Å². The molecule has 0 aliphatic carbocycles. The van der Waals surface area contributed by atoms with Crippen LogP contribution in [0.1, 0.15) is 12.0 Å². The van der Waals surface area contributed by atoms with Gasteiger partial charge < -0.3 is 10.1 Å². The first-order chi connectivity index (χ1) is 7.27. The molecule has 0 bridgehead atoms. The Morgan fingerprint density at radius 2 is 2.27 bits per heavy atom. The number of hydrogen-bond acceptors (Lipinski definition) is 1. The average Bonchev–Trinajstić information content (AvgIpc) is 2.65. The van der Waals surface area contributed by atoms with Gasteiger partial charge in [0.15, 0.2) is 0 Å². The van der Waals surface area contributed by atoms with Crippen LogP contribution in [0, 0.1) is 0 Å². The first-order valence-electron chi connectivity index (χ1n) is 4.72. The molecule has 15 heavy (non-hydrogen) atoms. The van der Waals surface area contributed by atoms with E-state index in [-0.39, 0.29) is 6.42 Å². The highest BCUT2D eigenvalue weighted by atomic mass is 16.4. The molecule has 0 saturated carbocycles. The molecule has 2 aromatic rings. The van der Waals surface area contributed by atoms with Gasteiger partial charge in [-0.1, -0.05) is 24.3 Å². The number of carboxylic acids is 1. The van der Waals surface area contributed by atoms with Crippen LogP contribution in [0.25, 0.3) is 17.0 Å². The number of carbonyl (C=O) groups is 1. The van der Waals surface area contributed by atoms with Gasteiger partial charge in [0.2, 0.25) is 0 Å². The molecule has 0 saturated heterocycles. The fourth-order valence-corrected chi connectivity index (χ4v) is 1.54. The number of rotatable bonds is 3. The summed E-state index contributed by atoms with van der Waals surface area (Å²) in [5.74, 6) is -0.813. The molecule has 1 aromatic carbocycles. The average molecular weight is 201 g/mol. The SMILES string of the molecule is O=C(O)CC=Cc1cccc2[nH]ccc12. The number of hydrogen-bond donors (Lipinski definition) is 2. The molecule has 2 N–H and O–H groups in total. The number of aromatic amines is 1. The number of aromatic nitrogens is 1. The van der Waals surface area contributed by atoms with Crippen LogP contribution in [0.2, 0.25) is 0 Å². The third-order valence-electron chi connectivity index (χ3n) is 2.22. The third kappa shape index (κ3) is 2.07. The minimum absolute atomic E-state index is 0.0564. The minimum atomic E-state index is -0.813. The number of benzene rings is 1. The lowest BCUT2D eigenvalue weighted by Gasteiger charge is -1.95. The molecule has 0 unspecified atom stereocenters. The van der Waals surface area contributed by atoms with Crippen LogP contribution in [0.5, 0.6) is 0 Å². The fourth-order valence-electron chi connectivity index (χ4n) is 1.54. The second-order valence-electron chi connectivity index (χ2n) is 3.29. The molecule has 0 fully saturated rings. The summed E-state index contributed by atoms with van der Waals surface area (Å²) in [7, 11) is 0. The Morgan fingerprint density at radius 3 is 3.07 bits per heavy atom. The van der Waals surface area contributed by atoms with Crippen molar-refractivity contribution in [3.05, 3.63) is 42.1 Å². The van der Waals surface area contributed by atoms with E-state index in [9.17, 15) is 4.79 Å². The van der Waals surface area contributed by atoms with Crippen molar-refractivity contribution in [2.24, 2.45) is 0 Å². The van der Waals surface area contributed by atoms with Crippen molar-refractivity contribution < 1.29 is 9.90 Å². The van der Waals surface area contributed by atoms with E-state index in [1.165, 1.54) is 0 Å². The molecule has 3 heteroatoms. The summed E-state index contributed by atoms with van der Waals surface area (Å²) in [6.45, 7) is 0. The van der Waals surface area contributed by atoms with Crippen molar-refractivity contribution >= 4 is 22.9 Å². The minimum Gasteiger partial charge on any atom is -0.481 e. The van der Waals surface area contributed by atoms with Gasteiger partial charge in [0.05, 0.1) is 6.42 Å². The van der Waals surface area contributed by atoms with Crippen molar-refractivity contribution in [2.45, 2.75) is 6.42 Å². The first-order valence-corrected chi connectivity index (χ1v) is 4.72. The number of aliphatic carboxylic acids is 1. The molecule has 2 rings (SSSR count). The number of nitrogens with one attached hydrogen (secondary N) is 1. The normalized spacial score (nSPS) is 11.2. The fraction of sp³-hybridized carbons (Fsp3) is 0.0833. The van der Waals surface area contributed by atoms with Gasteiger partial charge in [-0.3, -0.25) is 4.79 Å². The monoisotopic (exact) mass is 201 g/mol. The second kappa shape index (κ2) is 4.00. The number of fused-ring (bicyclic) bond motifs is 1. The largest absolute Gasteiger partial charge is 0.481 e. The summed E-state index contributed by atoms with van der Waals surface area (Å²) in [4.78, 5) is 13.5. The zero-order valence-corrected chi connectivity index (χ0v) is 8.10. The van der Waals surface area contributed by atoms with Crippen LogP contribution in [0.15, 0.2) is 36.5 Å². The maximum absolute atomic E-state index is 10.3. The van der Waals surface area contributed by atoms with Crippen molar-refractivity contribution in [3.8, 4) is 0 Å². The highest BCUT2D eigenvalue weighted by Crippen LogP contribution is 2.18. The van der Waals surface area contributed by atoms with Gasteiger partial charge in [-0.05, 0) is 17.7 Å². The lowest BCUT2D eigenvalue weighted by molar-refractivity contribution is -0.135. The van der Waals surface area contributed by atoms with Crippen molar-refractivity contribution in [3.63, 3.8) is 0 Å². The highest BCUT2D eigenvalue weighted by molar-refractivity contribution is 5.88. The standard InChI is InChI=1S/C12H11NO2/c14-12(15)6-2-4-9-3-1-5-11-10(9)7-8-13-11/h1-5,7-8,13H,6H2,(H,14,15). The van der Waals surface area contributed by atoms with Gasteiger partial charge in [-0.25, -0.2) is 0 Å². The zero-order valence-electron chi connectivity index (χ0n) is 8.10. The highest BCUT2D eigenvalue weighted by Gasteiger charge is 1.97. The van der Waals surface area contributed by atoms with Crippen LogP contribution in [-0.4, -0.2) is 16.1 Å². The summed E-state index contributed by atoms with van der Waals surface area (Å²) in [6, 6.07) is 7.88. The molecular weight excluding hydrogens is 190 g/mol. The second-order valence-corrected chi connectivity index (χ2v) is 3.29. The zero-order chi connectivity index (χ0) is 10.7. The lowest BCUT2D eigenvalue weighted by atomic mass is 10.1. The third-order valence-corrected chi connectivity index (χ3v) is 2.22. The Hall–Kier alpha value is -2.03. The topological polar surface area (TPSA) is 53.1 Å². The van der Waals surface area contributed by atoms with E-state index < -0.39 is 5.97 Å². The summed E-state index contributed by atoms with van der Waals surface area (Å²) >= 11 is 0. The molecule has 0 radical (unpaired) electrons. The van der Waals surface area contributed by atoms with Gasteiger partial charge in [-0.2, -0.15) is 0 Å². The van der Waals surface area contributed by atoms with E-state index in [1.54, 1.807) is 6.08 Å². The van der Waals surface area contributed by atoms with E-state index in [0.29, 0.717) is 0 Å². The van der Waals surface area contributed by atoms with Crippen LogP contribution >= 0.6 is 0 Å². The van der Waals surface area contributed by atoms with Gasteiger partial charge in [0, 0.05) is 17.1 Å². The summed E-state index contributed by atoms with van der Waals surface area (Å²) in [5, 5.41) is 9.62. The smallest absolute Gasteiger partial charge is 0.307 e. The molecule has 0 aliphatic rings. The van der Waals surface area contributed by atoms with E-state index in [1.807, 2.05) is 36.5 Å². The van der Waals surface area contributed by atoms with E-state index in [0.717, 1.165) is 16.5 Å². The molecule has 0 aliphatic heterocycles. The lowest BCUT2D eigenvalue weighted by Crippen LogP contribution is -1.89. The summed E-state index contributed by atoms with van der Waals surface area (Å²) in [5.41, 5.74) is 2.10. The molecule has 1 heterocycles. The molecule has 0 amide bonds. The molecule has 3 nitrogen and oxygen atoms in total. The van der Waals surface area contributed by atoms with Gasteiger partial charge >= 0.3 is 5.97 Å². The summed E-state index contributed by atoms with van der Waals surface area (Å²) < 4.78 is 0. The molecular formula is C12H11NO2. The maximum atomic E-state index is 10.3. The molecule has 0 spiro atoms. The van der Waals surface area contributed by atoms with Gasteiger partial charge in [0.1, 0.15) is 0 Å². The Bertz CT molecular complexity index is 511. The summed E-state index contributed by atoms with van der Waals surface area (Å²) in [6.07, 6.45) is 5.43. The van der Waals surface area contributed by atoms with E-state index in [2.05, 4.69) is 4.98 Å².